The molecule has 3 nitrogen and oxygen atoms in total. The molecule has 1 N–H and O–H groups in total. The molecule has 0 unspecified atom stereocenters. The molecule has 2 aromatic heterocycles. The van der Waals surface area contributed by atoms with Gasteiger partial charge in [-0.25, -0.2) is 4.98 Å². The number of aromatic amines is 1. The zero-order valence-corrected chi connectivity index (χ0v) is 9.07. The first-order valence-electron chi connectivity index (χ1n) is 4.88. The summed E-state index contributed by atoms with van der Waals surface area (Å²) in [6.07, 6.45) is 3.59. The fourth-order valence-electron chi connectivity index (χ4n) is 1.64. The second-order valence-electron chi connectivity index (χ2n) is 3.54. The smallest absolute Gasteiger partial charge is 0.155 e. The molecule has 0 atom stereocenters. The average molecular weight is 230 g/mol. The first-order valence-corrected chi connectivity index (χ1v) is 5.26. The highest BCUT2D eigenvalue weighted by atomic mass is 35.5. The van der Waals surface area contributed by atoms with E-state index in [9.17, 15) is 0 Å². The topological polar surface area (TPSA) is 41.6 Å². The maximum Gasteiger partial charge on any atom is 0.155 e. The van der Waals surface area contributed by atoms with Crippen LogP contribution in [0, 0.1) is 0 Å². The molecule has 0 radical (unpaired) electrons. The van der Waals surface area contributed by atoms with Crippen LogP contribution in [-0.2, 0) is 0 Å². The summed E-state index contributed by atoms with van der Waals surface area (Å²) in [6, 6.07) is 9.75. The Morgan fingerprint density at radius 1 is 1.00 bits per heavy atom. The summed E-state index contributed by atoms with van der Waals surface area (Å²) >= 11 is 5.85. The van der Waals surface area contributed by atoms with Crippen molar-refractivity contribution in [3.63, 3.8) is 0 Å². The molecule has 0 amide bonds. The van der Waals surface area contributed by atoms with Gasteiger partial charge in [-0.05, 0) is 23.8 Å². The van der Waals surface area contributed by atoms with E-state index in [2.05, 4.69) is 21.2 Å². The van der Waals surface area contributed by atoms with Crippen LogP contribution in [0.15, 0.2) is 42.7 Å². The Kier molecular flexibility index (Phi) is 2.11. The summed E-state index contributed by atoms with van der Waals surface area (Å²) in [4.78, 5) is 4.29. The normalized spacial score (nSPS) is 10.8. The maximum atomic E-state index is 5.85. The Morgan fingerprint density at radius 2 is 1.81 bits per heavy atom. The van der Waals surface area contributed by atoms with E-state index >= 15 is 0 Å². The Bertz CT molecular complexity index is 628. The van der Waals surface area contributed by atoms with Gasteiger partial charge in [0.05, 0.1) is 6.20 Å². The van der Waals surface area contributed by atoms with Gasteiger partial charge in [0.25, 0.3) is 0 Å². The second-order valence-corrected chi connectivity index (χ2v) is 3.98. The lowest BCUT2D eigenvalue weighted by Gasteiger charge is -2.00. The highest BCUT2D eigenvalue weighted by molar-refractivity contribution is 6.30. The van der Waals surface area contributed by atoms with Gasteiger partial charge < -0.3 is 0 Å². The van der Waals surface area contributed by atoms with Crippen molar-refractivity contribution in [3.05, 3.63) is 47.7 Å². The summed E-state index contributed by atoms with van der Waals surface area (Å²) in [6.45, 7) is 0. The highest BCUT2D eigenvalue weighted by Gasteiger charge is 2.01. The van der Waals surface area contributed by atoms with Crippen LogP contribution in [0.1, 0.15) is 0 Å². The lowest BCUT2D eigenvalue weighted by molar-refractivity contribution is 1.10. The fraction of sp³-hybridized carbons (Fsp3) is 0. The molecule has 0 aliphatic carbocycles. The summed E-state index contributed by atoms with van der Waals surface area (Å²) in [5.41, 5.74) is 2.96. The number of nitrogens with one attached hydrogen (secondary N) is 1. The molecule has 0 fully saturated rings. The van der Waals surface area contributed by atoms with Gasteiger partial charge in [0.2, 0.25) is 0 Å². The molecule has 0 saturated heterocycles. The van der Waals surface area contributed by atoms with Crippen LogP contribution >= 0.6 is 11.6 Å². The number of halogens is 1. The molecule has 4 heteroatoms. The first-order chi connectivity index (χ1) is 7.83. The third-order valence-electron chi connectivity index (χ3n) is 2.47. The zero-order valence-electron chi connectivity index (χ0n) is 8.31. The lowest BCUT2D eigenvalue weighted by atomic mass is 10.1. The molecular formula is C12H8ClN3. The van der Waals surface area contributed by atoms with E-state index in [0.717, 1.165) is 27.2 Å². The van der Waals surface area contributed by atoms with E-state index in [0.29, 0.717) is 0 Å². The minimum atomic E-state index is 0.737. The summed E-state index contributed by atoms with van der Waals surface area (Å²) in [7, 11) is 0. The van der Waals surface area contributed by atoms with Crippen molar-refractivity contribution in [2.75, 3.05) is 0 Å². The van der Waals surface area contributed by atoms with Crippen molar-refractivity contribution >= 4 is 22.6 Å². The van der Waals surface area contributed by atoms with E-state index in [1.807, 2.05) is 30.5 Å². The van der Waals surface area contributed by atoms with E-state index in [1.165, 1.54) is 0 Å². The molecule has 16 heavy (non-hydrogen) atoms. The Balaban J connectivity index is 2.14. The Labute approximate surface area is 97.1 Å². The molecule has 78 valence electrons. The summed E-state index contributed by atoms with van der Waals surface area (Å²) in [5.74, 6) is 0. The number of hydrogen-bond donors (Lipinski definition) is 1. The average Bonchev–Trinajstić information content (AvgIpc) is 2.77. The van der Waals surface area contributed by atoms with Crippen molar-refractivity contribution in [2.45, 2.75) is 0 Å². The van der Waals surface area contributed by atoms with Gasteiger partial charge in [-0.1, -0.05) is 23.7 Å². The standard InChI is InChI=1S/C12H8ClN3/c13-11-3-1-8(2-4-11)9-5-10-7-15-16-12(10)14-6-9/h1-7H,(H,14,15,16). The SMILES string of the molecule is Clc1ccc(-c2cnc3[nH]ncc3c2)cc1. The molecule has 0 aliphatic heterocycles. The molecule has 0 bridgehead atoms. The van der Waals surface area contributed by atoms with Crippen LogP contribution in [0.5, 0.6) is 0 Å². The monoisotopic (exact) mass is 229 g/mol. The highest BCUT2D eigenvalue weighted by Crippen LogP contribution is 2.23. The Morgan fingerprint density at radius 3 is 2.62 bits per heavy atom. The van der Waals surface area contributed by atoms with Crippen LogP contribution in [-0.4, -0.2) is 15.2 Å². The van der Waals surface area contributed by atoms with Gasteiger partial charge in [-0.15, -0.1) is 0 Å². The quantitative estimate of drug-likeness (QED) is 0.696. The lowest BCUT2D eigenvalue weighted by Crippen LogP contribution is -1.81. The van der Waals surface area contributed by atoms with E-state index in [4.69, 9.17) is 11.6 Å². The van der Waals surface area contributed by atoms with Gasteiger partial charge >= 0.3 is 0 Å². The molecule has 0 aliphatic rings. The number of benzene rings is 1. The molecule has 3 aromatic rings. The fourth-order valence-corrected chi connectivity index (χ4v) is 1.76. The summed E-state index contributed by atoms with van der Waals surface area (Å²) in [5, 5.41) is 8.51. The third-order valence-corrected chi connectivity index (χ3v) is 2.72. The van der Waals surface area contributed by atoms with E-state index in [-0.39, 0.29) is 0 Å². The van der Waals surface area contributed by atoms with Crippen LogP contribution in [0.3, 0.4) is 0 Å². The van der Waals surface area contributed by atoms with Crippen molar-refractivity contribution < 1.29 is 0 Å². The van der Waals surface area contributed by atoms with E-state index < -0.39 is 0 Å². The molecule has 2 heterocycles. The molecular weight excluding hydrogens is 222 g/mol. The molecule has 0 saturated carbocycles. The van der Waals surface area contributed by atoms with Gasteiger partial charge in [-0.3, -0.25) is 5.10 Å². The van der Waals surface area contributed by atoms with Gasteiger partial charge in [0, 0.05) is 22.2 Å². The number of hydrogen-bond acceptors (Lipinski definition) is 2. The van der Waals surface area contributed by atoms with Crippen molar-refractivity contribution in [1.82, 2.24) is 15.2 Å². The van der Waals surface area contributed by atoms with E-state index in [1.54, 1.807) is 6.20 Å². The maximum absolute atomic E-state index is 5.85. The number of pyridine rings is 1. The third kappa shape index (κ3) is 1.55. The van der Waals surface area contributed by atoms with Crippen molar-refractivity contribution in [2.24, 2.45) is 0 Å². The van der Waals surface area contributed by atoms with Gasteiger partial charge in [0.1, 0.15) is 0 Å². The number of rotatable bonds is 1. The number of fused-ring (bicyclic) bond motifs is 1. The molecule has 0 spiro atoms. The first kappa shape index (κ1) is 9.36. The van der Waals surface area contributed by atoms with Crippen molar-refractivity contribution in [1.29, 1.82) is 0 Å². The minimum absolute atomic E-state index is 0.737. The Hall–Kier alpha value is -1.87. The largest absolute Gasteiger partial charge is 0.261 e. The van der Waals surface area contributed by atoms with Crippen LogP contribution in [0.4, 0.5) is 0 Å². The van der Waals surface area contributed by atoms with Gasteiger partial charge in [-0.2, -0.15) is 5.10 Å². The predicted molar refractivity (Wildman–Crippen MR) is 64.3 cm³/mol. The van der Waals surface area contributed by atoms with Gasteiger partial charge in [0.15, 0.2) is 5.65 Å². The van der Waals surface area contributed by atoms with Crippen LogP contribution in [0.25, 0.3) is 22.2 Å². The van der Waals surface area contributed by atoms with Crippen LogP contribution in [0.2, 0.25) is 5.02 Å². The van der Waals surface area contributed by atoms with Crippen LogP contribution < -0.4 is 0 Å². The predicted octanol–water partition coefficient (Wildman–Crippen LogP) is 3.28. The zero-order chi connectivity index (χ0) is 11.0. The molecule has 1 aromatic carbocycles. The molecule has 3 rings (SSSR count). The minimum Gasteiger partial charge on any atom is -0.261 e. The number of aromatic nitrogens is 3. The number of nitrogens with zero attached hydrogens (tertiary/aromatic N) is 2. The number of H-pyrrole nitrogens is 1. The summed E-state index contributed by atoms with van der Waals surface area (Å²) < 4.78 is 0. The second kappa shape index (κ2) is 3.61. The van der Waals surface area contributed by atoms with Crippen molar-refractivity contribution in [3.8, 4) is 11.1 Å².